The van der Waals surface area contributed by atoms with Gasteiger partial charge < -0.3 is 0 Å². The van der Waals surface area contributed by atoms with Gasteiger partial charge in [-0.1, -0.05) is 58.9 Å². The molecule has 0 N–H and O–H groups in total. The third kappa shape index (κ3) is 4.72. The maximum absolute atomic E-state index is 11.7. The van der Waals surface area contributed by atoms with Crippen LogP contribution in [0, 0.1) is 5.92 Å². The number of rotatable bonds is 4. The van der Waals surface area contributed by atoms with Gasteiger partial charge >= 0.3 is 0 Å². The normalized spacial score (nSPS) is 11.9. The average Bonchev–Trinajstić information content (AvgIpc) is 2.15. The van der Waals surface area contributed by atoms with E-state index in [0.29, 0.717) is 24.5 Å². The fraction of sp³-hybridized carbons (Fsp3) is 0.562. The van der Waals surface area contributed by atoms with Gasteiger partial charge in [0.1, 0.15) is 5.78 Å². The van der Waals surface area contributed by atoms with Gasteiger partial charge in [-0.15, -0.1) is 0 Å². The zero-order valence-corrected chi connectivity index (χ0v) is 11.7. The van der Waals surface area contributed by atoms with E-state index >= 15 is 0 Å². The zero-order valence-electron chi connectivity index (χ0n) is 11.7. The molecule has 0 amide bonds. The van der Waals surface area contributed by atoms with Gasteiger partial charge in [-0.3, -0.25) is 4.79 Å². The van der Waals surface area contributed by atoms with E-state index in [1.165, 1.54) is 5.56 Å². The Morgan fingerprint density at radius 2 is 1.65 bits per heavy atom. The summed E-state index contributed by atoms with van der Waals surface area (Å²) in [4.78, 5) is 11.7. The lowest BCUT2D eigenvalue weighted by atomic mass is 9.86. The summed E-state index contributed by atoms with van der Waals surface area (Å²) in [7, 11) is 0. The molecule has 1 rings (SSSR count). The second-order valence-corrected chi connectivity index (χ2v) is 6.26. The molecule has 0 aliphatic carbocycles. The van der Waals surface area contributed by atoms with E-state index in [4.69, 9.17) is 0 Å². The Bertz CT molecular complexity index is 366. The van der Waals surface area contributed by atoms with Crippen LogP contribution in [0.1, 0.15) is 52.2 Å². The molecular weight excluding hydrogens is 208 g/mol. The van der Waals surface area contributed by atoms with Crippen molar-refractivity contribution in [3.63, 3.8) is 0 Å². The number of hydrogen-bond donors (Lipinski definition) is 0. The molecule has 1 nitrogen and oxygen atoms in total. The molecule has 0 atom stereocenters. The van der Waals surface area contributed by atoms with Gasteiger partial charge in [-0.2, -0.15) is 0 Å². The highest BCUT2D eigenvalue weighted by Gasteiger charge is 2.13. The highest BCUT2D eigenvalue weighted by Crippen LogP contribution is 2.22. The summed E-state index contributed by atoms with van der Waals surface area (Å²) in [6, 6.07) is 8.44. The van der Waals surface area contributed by atoms with Crippen molar-refractivity contribution in [2.45, 2.75) is 52.9 Å². The van der Waals surface area contributed by atoms with E-state index in [2.05, 4.69) is 58.9 Å². The topological polar surface area (TPSA) is 17.1 Å². The molecule has 0 radical (unpaired) electrons. The van der Waals surface area contributed by atoms with Gasteiger partial charge in [0.2, 0.25) is 0 Å². The maximum Gasteiger partial charge on any atom is 0.137 e. The molecule has 0 fully saturated rings. The minimum absolute atomic E-state index is 0.181. The molecule has 17 heavy (non-hydrogen) atoms. The lowest BCUT2D eigenvalue weighted by molar-refractivity contribution is -0.119. The number of hydrogen-bond acceptors (Lipinski definition) is 1. The fourth-order valence-electron chi connectivity index (χ4n) is 1.88. The fourth-order valence-corrected chi connectivity index (χ4v) is 1.88. The van der Waals surface area contributed by atoms with E-state index in [1.54, 1.807) is 0 Å². The van der Waals surface area contributed by atoms with Crippen LogP contribution < -0.4 is 0 Å². The Morgan fingerprint density at radius 1 is 1.12 bits per heavy atom. The lowest BCUT2D eigenvalue weighted by Gasteiger charge is -2.19. The Balaban J connectivity index is 2.66. The van der Waals surface area contributed by atoms with Crippen molar-refractivity contribution >= 4 is 5.78 Å². The highest BCUT2D eigenvalue weighted by atomic mass is 16.1. The van der Waals surface area contributed by atoms with E-state index in [0.717, 1.165) is 5.56 Å². The van der Waals surface area contributed by atoms with Gasteiger partial charge in [0, 0.05) is 12.8 Å². The van der Waals surface area contributed by atoms with Crippen LogP contribution in [-0.4, -0.2) is 5.78 Å². The number of Topliss-reactive ketones (excluding diaryl/α,β-unsaturated/α-hetero) is 1. The molecule has 0 spiro atoms. The molecule has 0 saturated carbocycles. The monoisotopic (exact) mass is 232 g/mol. The van der Waals surface area contributed by atoms with E-state index in [-0.39, 0.29) is 5.41 Å². The van der Waals surface area contributed by atoms with Crippen molar-refractivity contribution in [2.75, 3.05) is 0 Å². The second kappa shape index (κ2) is 5.48. The smallest absolute Gasteiger partial charge is 0.137 e. The first kappa shape index (κ1) is 14.0. The number of ketones is 1. The quantitative estimate of drug-likeness (QED) is 0.762. The molecule has 0 unspecified atom stereocenters. The first-order valence-corrected chi connectivity index (χ1v) is 6.40. The van der Waals surface area contributed by atoms with Gasteiger partial charge in [0.05, 0.1) is 0 Å². The van der Waals surface area contributed by atoms with E-state index in [1.807, 2.05) is 0 Å². The maximum atomic E-state index is 11.7. The number of carbonyl (C=O) groups is 1. The summed E-state index contributed by atoms with van der Waals surface area (Å²) in [5.41, 5.74) is 2.63. The number of benzene rings is 1. The molecule has 0 heterocycles. The summed E-state index contributed by atoms with van der Waals surface area (Å²) >= 11 is 0. The van der Waals surface area contributed by atoms with Crippen LogP contribution in [0.25, 0.3) is 0 Å². The molecule has 94 valence electrons. The SMILES string of the molecule is CC(C)CC(=O)Cc1ccc(C(C)(C)C)cc1. The molecule has 0 aliphatic rings. The zero-order chi connectivity index (χ0) is 13.1. The van der Waals surface area contributed by atoms with Gasteiger partial charge in [0.15, 0.2) is 0 Å². The van der Waals surface area contributed by atoms with Crippen LogP contribution in [-0.2, 0) is 16.6 Å². The van der Waals surface area contributed by atoms with Crippen molar-refractivity contribution in [3.05, 3.63) is 35.4 Å². The Hall–Kier alpha value is -1.11. The largest absolute Gasteiger partial charge is 0.299 e. The van der Waals surface area contributed by atoms with Crippen molar-refractivity contribution in [2.24, 2.45) is 5.92 Å². The number of carbonyl (C=O) groups excluding carboxylic acids is 1. The first-order valence-electron chi connectivity index (χ1n) is 6.40. The van der Waals surface area contributed by atoms with Crippen molar-refractivity contribution in [3.8, 4) is 0 Å². The van der Waals surface area contributed by atoms with Crippen molar-refractivity contribution < 1.29 is 4.79 Å². The molecule has 0 bridgehead atoms. The van der Waals surface area contributed by atoms with Gasteiger partial charge in [0.25, 0.3) is 0 Å². The third-order valence-corrected chi connectivity index (χ3v) is 2.86. The van der Waals surface area contributed by atoms with Crippen LogP contribution in [0.15, 0.2) is 24.3 Å². The van der Waals surface area contributed by atoms with Gasteiger partial charge in [-0.25, -0.2) is 0 Å². The Morgan fingerprint density at radius 3 is 2.06 bits per heavy atom. The molecule has 1 aromatic rings. The standard InChI is InChI=1S/C16H24O/c1-12(2)10-15(17)11-13-6-8-14(9-7-13)16(3,4)5/h6-9,12H,10-11H2,1-5H3. The predicted octanol–water partition coefficient (Wildman–Crippen LogP) is 4.14. The van der Waals surface area contributed by atoms with Crippen molar-refractivity contribution in [1.29, 1.82) is 0 Å². The summed E-state index contributed by atoms with van der Waals surface area (Å²) in [6.07, 6.45) is 1.25. The van der Waals surface area contributed by atoms with Gasteiger partial charge in [-0.05, 0) is 22.5 Å². The van der Waals surface area contributed by atoms with Crippen LogP contribution >= 0.6 is 0 Å². The highest BCUT2D eigenvalue weighted by molar-refractivity contribution is 5.81. The lowest BCUT2D eigenvalue weighted by Crippen LogP contribution is -2.11. The Kier molecular flexibility index (Phi) is 4.50. The molecule has 1 heteroatoms. The van der Waals surface area contributed by atoms with E-state index in [9.17, 15) is 4.79 Å². The summed E-state index contributed by atoms with van der Waals surface area (Å²) in [5, 5.41) is 0. The van der Waals surface area contributed by atoms with Crippen LogP contribution in [0.3, 0.4) is 0 Å². The summed E-state index contributed by atoms with van der Waals surface area (Å²) in [5.74, 6) is 0.792. The summed E-state index contributed by atoms with van der Waals surface area (Å²) < 4.78 is 0. The first-order chi connectivity index (χ1) is 7.79. The molecular formula is C16H24O. The van der Waals surface area contributed by atoms with Crippen LogP contribution in [0.2, 0.25) is 0 Å². The third-order valence-electron chi connectivity index (χ3n) is 2.86. The van der Waals surface area contributed by atoms with E-state index < -0.39 is 0 Å². The average molecular weight is 232 g/mol. The van der Waals surface area contributed by atoms with Crippen LogP contribution in [0.5, 0.6) is 0 Å². The predicted molar refractivity (Wildman–Crippen MR) is 73.3 cm³/mol. The molecule has 0 aliphatic heterocycles. The molecule has 0 aromatic heterocycles. The molecule has 0 saturated heterocycles. The Labute approximate surface area is 105 Å². The summed E-state index contributed by atoms with van der Waals surface area (Å²) in [6.45, 7) is 10.8. The molecule has 1 aromatic carbocycles. The minimum Gasteiger partial charge on any atom is -0.299 e. The van der Waals surface area contributed by atoms with Crippen molar-refractivity contribution in [1.82, 2.24) is 0 Å². The second-order valence-electron chi connectivity index (χ2n) is 6.26. The minimum atomic E-state index is 0.181. The van der Waals surface area contributed by atoms with Crippen LogP contribution in [0.4, 0.5) is 0 Å².